The third-order valence-electron chi connectivity index (χ3n) is 4.05. The van der Waals surface area contributed by atoms with E-state index in [1.54, 1.807) is 0 Å². The summed E-state index contributed by atoms with van der Waals surface area (Å²) in [4.78, 5) is 0. The zero-order valence-electron chi connectivity index (χ0n) is 12.7. The summed E-state index contributed by atoms with van der Waals surface area (Å²) in [6, 6.07) is 16.9. The third-order valence-corrected chi connectivity index (χ3v) is 4.44. The van der Waals surface area contributed by atoms with E-state index in [9.17, 15) is 5.26 Å². The lowest BCUT2D eigenvalue weighted by Crippen LogP contribution is -1.99. The van der Waals surface area contributed by atoms with Crippen LogP contribution >= 0.6 is 11.6 Å². The van der Waals surface area contributed by atoms with Gasteiger partial charge in [-0.2, -0.15) is 5.26 Å². The lowest BCUT2D eigenvalue weighted by Gasteiger charge is -2.08. The molecule has 0 spiro atoms. The van der Waals surface area contributed by atoms with Crippen molar-refractivity contribution < 1.29 is 0 Å². The summed E-state index contributed by atoms with van der Waals surface area (Å²) < 4.78 is 2.01. The zero-order valence-corrected chi connectivity index (χ0v) is 13.5. The molecule has 0 saturated heterocycles. The van der Waals surface area contributed by atoms with Gasteiger partial charge in [0.2, 0.25) is 0 Å². The molecule has 0 amide bonds. The van der Waals surface area contributed by atoms with Crippen LogP contribution in [0.25, 0.3) is 10.9 Å². The van der Waals surface area contributed by atoms with E-state index in [2.05, 4.69) is 62.4 Å². The SMILES string of the molecule is CCc1ccc2c(c1)c(C#N)c(Cl)n2Cc1ccc(C)cc1. The number of fused-ring (bicyclic) bond motifs is 1. The highest BCUT2D eigenvalue weighted by atomic mass is 35.5. The molecule has 3 heteroatoms. The molecule has 22 heavy (non-hydrogen) atoms. The second-order valence-electron chi connectivity index (χ2n) is 5.55. The van der Waals surface area contributed by atoms with E-state index in [1.165, 1.54) is 16.7 Å². The largest absolute Gasteiger partial charge is 0.326 e. The number of halogens is 1. The molecule has 0 unspecified atom stereocenters. The predicted octanol–water partition coefficient (Wildman–Crippen LogP) is 5.09. The Kier molecular flexibility index (Phi) is 3.92. The molecule has 2 nitrogen and oxygen atoms in total. The number of hydrogen-bond acceptors (Lipinski definition) is 1. The van der Waals surface area contributed by atoms with E-state index in [0.29, 0.717) is 17.3 Å². The van der Waals surface area contributed by atoms with Crippen molar-refractivity contribution in [3.05, 3.63) is 69.9 Å². The highest BCUT2D eigenvalue weighted by Crippen LogP contribution is 2.31. The van der Waals surface area contributed by atoms with Crippen molar-refractivity contribution in [1.82, 2.24) is 4.57 Å². The van der Waals surface area contributed by atoms with Crippen LogP contribution in [0.3, 0.4) is 0 Å². The highest BCUT2D eigenvalue weighted by molar-refractivity contribution is 6.32. The molecule has 1 aromatic heterocycles. The van der Waals surface area contributed by atoms with Crippen LogP contribution in [0.1, 0.15) is 29.2 Å². The molecule has 110 valence electrons. The number of nitrogens with zero attached hydrogens (tertiary/aromatic N) is 2. The van der Waals surface area contributed by atoms with E-state index in [1.807, 2.05) is 4.57 Å². The van der Waals surface area contributed by atoms with Crippen molar-refractivity contribution in [3.63, 3.8) is 0 Å². The van der Waals surface area contributed by atoms with Gasteiger partial charge in [0, 0.05) is 11.9 Å². The summed E-state index contributed by atoms with van der Waals surface area (Å²) in [5.74, 6) is 0. The second-order valence-corrected chi connectivity index (χ2v) is 5.91. The van der Waals surface area contributed by atoms with Crippen LogP contribution in [-0.2, 0) is 13.0 Å². The van der Waals surface area contributed by atoms with Gasteiger partial charge in [-0.05, 0) is 36.6 Å². The Hall–Kier alpha value is -2.24. The average Bonchev–Trinajstić information content (AvgIpc) is 2.80. The Balaban J connectivity index is 2.15. The van der Waals surface area contributed by atoms with Crippen molar-refractivity contribution in [1.29, 1.82) is 5.26 Å². The van der Waals surface area contributed by atoms with Crippen LogP contribution in [0.4, 0.5) is 0 Å². The van der Waals surface area contributed by atoms with Crippen LogP contribution in [0.15, 0.2) is 42.5 Å². The Morgan fingerprint density at radius 1 is 1.09 bits per heavy atom. The first-order valence-electron chi connectivity index (χ1n) is 7.40. The molecule has 3 aromatic rings. The molecule has 0 fully saturated rings. The molecule has 0 bridgehead atoms. The molecule has 2 aromatic carbocycles. The van der Waals surface area contributed by atoms with Crippen molar-refractivity contribution >= 4 is 22.5 Å². The summed E-state index contributed by atoms with van der Waals surface area (Å²) in [6.45, 7) is 4.85. The number of aryl methyl sites for hydroxylation is 2. The van der Waals surface area contributed by atoms with Crippen molar-refractivity contribution in [2.45, 2.75) is 26.8 Å². The van der Waals surface area contributed by atoms with Crippen LogP contribution in [0, 0.1) is 18.3 Å². The van der Waals surface area contributed by atoms with Gasteiger partial charge in [-0.1, -0.05) is 54.4 Å². The lowest BCUT2D eigenvalue weighted by molar-refractivity contribution is 0.836. The minimum atomic E-state index is 0.520. The Labute approximate surface area is 135 Å². The molecule has 0 aliphatic carbocycles. The van der Waals surface area contributed by atoms with Gasteiger partial charge in [-0.15, -0.1) is 0 Å². The smallest absolute Gasteiger partial charge is 0.128 e. The number of benzene rings is 2. The fraction of sp³-hybridized carbons (Fsp3) is 0.211. The van der Waals surface area contributed by atoms with Crippen molar-refractivity contribution in [2.75, 3.05) is 0 Å². The van der Waals surface area contributed by atoms with Gasteiger partial charge in [0.05, 0.1) is 11.1 Å². The maximum Gasteiger partial charge on any atom is 0.128 e. The Bertz CT molecular complexity index is 867. The summed E-state index contributed by atoms with van der Waals surface area (Å²) in [7, 11) is 0. The van der Waals surface area contributed by atoms with Crippen LogP contribution in [-0.4, -0.2) is 4.57 Å². The first kappa shape index (κ1) is 14.7. The number of nitriles is 1. The molecular weight excluding hydrogens is 292 g/mol. The normalized spacial score (nSPS) is 10.8. The number of aromatic nitrogens is 1. The quantitative estimate of drug-likeness (QED) is 0.663. The van der Waals surface area contributed by atoms with Gasteiger partial charge >= 0.3 is 0 Å². The average molecular weight is 309 g/mol. The van der Waals surface area contributed by atoms with Gasteiger partial charge in [0.15, 0.2) is 0 Å². The Morgan fingerprint density at radius 3 is 2.41 bits per heavy atom. The minimum absolute atomic E-state index is 0.520. The minimum Gasteiger partial charge on any atom is -0.326 e. The third kappa shape index (κ3) is 2.49. The van der Waals surface area contributed by atoms with E-state index < -0.39 is 0 Å². The fourth-order valence-electron chi connectivity index (χ4n) is 2.73. The molecular formula is C19H17ClN2. The predicted molar refractivity (Wildman–Crippen MR) is 91.3 cm³/mol. The van der Waals surface area contributed by atoms with Gasteiger partial charge < -0.3 is 4.57 Å². The first-order valence-corrected chi connectivity index (χ1v) is 7.78. The van der Waals surface area contributed by atoms with Crippen LogP contribution in [0.5, 0.6) is 0 Å². The standard InChI is InChI=1S/C19H17ClN2/c1-3-14-8-9-18-16(10-14)17(11-21)19(20)22(18)12-15-6-4-13(2)5-7-15/h4-10H,3,12H2,1-2H3. The highest BCUT2D eigenvalue weighted by Gasteiger charge is 2.16. The van der Waals surface area contributed by atoms with Gasteiger partial charge in [0.25, 0.3) is 0 Å². The molecule has 0 radical (unpaired) electrons. The fourth-order valence-corrected chi connectivity index (χ4v) is 3.02. The summed E-state index contributed by atoms with van der Waals surface area (Å²) in [5.41, 5.74) is 5.21. The molecule has 3 rings (SSSR count). The molecule has 0 aliphatic heterocycles. The topological polar surface area (TPSA) is 28.7 Å². The second kappa shape index (κ2) is 5.87. The van der Waals surface area contributed by atoms with E-state index in [0.717, 1.165) is 17.3 Å². The summed E-state index contributed by atoms with van der Waals surface area (Å²) >= 11 is 6.47. The van der Waals surface area contributed by atoms with Gasteiger partial charge in [0.1, 0.15) is 11.2 Å². The van der Waals surface area contributed by atoms with Gasteiger partial charge in [-0.25, -0.2) is 0 Å². The summed E-state index contributed by atoms with van der Waals surface area (Å²) in [5, 5.41) is 10.9. The maximum absolute atomic E-state index is 9.45. The number of rotatable bonds is 3. The van der Waals surface area contributed by atoms with E-state index in [-0.39, 0.29) is 0 Å². The number of hydrogen-bond donors (Lipinski definition) is 0. The monoisotopic (exact) mass is 308 g/mol. The van der Waals surface area contributed by atoms with Crippen LogP contribution < -0.4 is 0 Å². The van der Waals surface area contributed by atoms with Crippen LogP contribution in [0.2, 0.25) is 5.15 Å². The zero-order chi connectivity index (χ0) is 15.7. The van der Waals surface area contributed by atoms with E-state index in [4.69, 9.17) is 11.6 Å². The maximum atomic E-state index is 9.45. The summed E-state index contributed by atoms with van der Waals surface area (Å²) in [6.07, 6.45) is 0.946. The first-order chi connectivity index (χ1) is 10.6. The molecule has 0 atom stereocenters. The molecule has 1 heterocycles. The Morgan fingerprint density at radius 2 is 1.77 bits per heavy atom. The van der Waals surface area contributed by atoms with Crippen molar-refractivity contribution in [2.24, 2.45) is 0 Å². The lowest BCUT2D eigenvalue weighted by atomic mass is 10.1. The molecule has 0 aliphatic rings. The molecule has 0 N–H and O–H groups in total. The molecule has 0 saturated carbocycles. The van der Waals surface area contributed by atoms with E-state index >= 15 is 0 Å². The van der Waals surface area contributed by atoms with Crippen molar-refractivity contribution in [3.8, 4) is 6.07 Å². The van der Waals surface area contributed by atoms with Gasteiger partial charge in [-0.3, -0.25) is 0 Å².